The largest absolute Gasteiger partial charge is 0.328 e. The molecular formula is C26H39N3O2S2. The first-order chi connectivity index (χ1) is 16.2. The molecule has 0 spiro atoms. The van der Waals surface area contributed by atoms with Gasteiger partial charge in [0.2, 0.25) is 5.91 Å². The van der Waals surface area contributed by atoms with E-state index >= 15 is 0 Å². The molecule has 0 bridgehead atoms. The fourth-order valence-electron chi connectivity index (χ4n) is 5.44. The van der Waals surface area contributed by atoms with Gasteiger partial charge < -0.3 is 9.69 Å². The average molecular weight is 490 g/mol. The number of nitrogens with one attached hydrogen (secondary N) is 1. The summed E-state index contributed by atoms with van der Waals surface area (Å²) in [7, 11) is 0. The van der Waals surface area contributed by atoms with Gasteiger partial charge in [-0.25, -0.2) is 0 Å². The molecule has 1 aliphatic carbocycles. The molecule has 0 radical (unpaired) electrons. The summed E-state index contributed by atoms with van der Waals surface area (Å²) in [5.41, 5.74) is 1.33. The molecule has 1 amide bonds. The molecule has 0 unspecified atom stereocenters. The van der Waals surface area contributed by atoms with Crippen molar-refractivity contribution in [3.05, 3.63) is 35.9 Å². The molecule has 182 valence electrons. The van der Waals surface area contributed by atoms with Crippen LogP contribution in [0.5, 0.6) is 0 Å². The number of aldehydes is 1. The fraction of sp³-hybridized carbons (Fsp3) is 0.692. The van der Waals surface area contributed by atoms with Crippen molar-refractivity contribution in [2.45, 2.75) is 69.6 Å². The maximum atomic E-state index is 13.6. The quantitative estimate of drug-likeness (QED) is 0.501. The molecule has 3 aliphatic rings. The van der Waals surface area contributed by atoms with Gasteiger partial charge in [0.05, 0.1) is 12.1 Å². The molecule has 5 nitrogen and oxygen atoms in total. The molecule has 1 saturated carbocycles. The van der Waals surface area contributed by atoms with Gasteiger partial charge in [0.25, 0.3) is 0 Å². The van der Waals surface area contributed by atoms with E-state index in [0.29, 0.717) is 0 Å². The number of carbonyl (C=O) groups excluding carboxylic acids is 2. The lowest BCUT2D eigenvalue weighted by molar-refractivity contribution is -0.141. The number of nitrogens with zero attached hydrogens (tertiary/aromatic N) is 2. The zero-order chi connectivity index (χ0) is 22.9. The number of thioether (sulfide) groups is 2. The summed E-state index contributed by atoms with van der Waals surface area (Å²) in [5.74, 6) is 4.41. The van der Waals surface area contributed by atoms with Crippen LogP contribution in [0.1, 0.15) is 50.5 Å². The first-order valence-corrected chi connectivity index (χ1v) is 15.0. The Morgan fingerprint density at radius 1 is 1.15 bits per heavy atom. The minimum Gasteiger partial charge on any atom is -0.328 e. The Kier molecular flexibility index (Phi) is 10.0. The molecule has 2 saturated heterocycles. The lowest BCUT2D eigenvalue weighted by Gasteiger charge is -2.42. The Morgan fingerprint density at radius 3 is 2.58 bits per heavy atom. The SMILES string of the molecule is O=C[C@H](CSCC1CCCCC1)N(C(=O)[C@@H]1CSCN1)C1CCN(Cc2ccccc2)CC1. The van der Waals surface area contributed by atoms with E-state index in [-0.39, 0.29) is 24.0 Å². The van der Waals surface area contributed by atoms with Crippen LogP contribution < -0.4 is 5.32 Å². The van der Waals surface area contributed by atoms with Gasteiger partial charge in [-0.2, -0.15) is 11.8 Å². The minimum atomic E-state index is -0.316. The highest BCUT2D eigenvalue weighted by molar-refractivity contribution is 7.99. The molecule has 1 aromatic carbocycles. The van der Waals surface area contributed by atoms with Crippen LogP contribution in [-0.2, 0) is 16.1 Å². The van der Waals surface area contributed by atoms with E-state index in [1.807, 2.05) is 16.7 Å². The second-order valence-electron chi connectivity index (χ2n) is 9.76. The lowest BCUT2D eigenvalue weighted by Crippen LogP contribution is -2.57. The molecule has 2 aliphatic heterocycles. The number of piperidine rings is 1. The van der Waals surface area contributed by atoms with Crippen LogP contribution >= 0.6 is 23.5 Å². The normalized spacial score (nSPS) is 23.9. The summed E-state index contributed by atoms with van der Waals surface area (Å²) in [6.07, 6.45) is 9.64. The Morgan fingerprint density at radius 2 is 1.91 bits per heavy atom. The summed E-state index contributed by atoms with van der Waals surface area (Å²) < 4.78 is 0. The molecule has 1 N–H and O–H groups in total. The summed E-state index contributed by atoms with van der Waals surface area (Å²) in [6.45, 7) is 2.89. The number of rotatable bonds is 10. The van der Waals surface area contributed by atoms with Crippen LogP contribution in [0.3, 0.4) is 0 Å². The maximum absolute atomic E-state index is 13.6. The number of amides is 1. The van der Waals surface area contributed by atoms with Crippen molar-refractivity contribution in [3.63, 3.8) is 0 Å². The number of carbonyl (C=O) groups is 2. The van der Waals surface area contributed by atoms with E-state index in [2.05, 4.69) is 40.5 Å². The van der Waals surface area contributed by atoms with Crippen molar-refractivity contribution in [1.82, 2.24) is 15.1 Å². The Balaban J connectivity index is 1.36. The van der Waals surface area contributed by atoms with Crippen LogP contribution in [0, 0.1) is 5.92 Å². The molecule has 1 aromatic rings. The zero-order valence-corrected chi connectivity index (χ0v) is 21.3. The van der Waals surface area contributed by atoms with E-state index in [4.69, 9.17) is 0 Å². The predicted octanol–water partition coefficient (Wildman–Crippen LogP) is 4.02. The minimum absolute atomic E-state index is 0.136. The monoisotopic (exact) mass is 489 g/mol. The molecule has 0 aromatic heterocycles. The van der Waals surface area contributed by atoms with Crippen molar-refractivity contribution in [2.24, 2.45) is 5.92 Å². The fourth-order valence-corrected chi connectivity index (χ4v) is 7.66. The summed E-state index contributed by atoms with van der Waals surface area (Å²) in [6, 6.07) is 10.3. The van der Waals surface area contributed by atoms with Gasteiger partial charge in [-0.1, -0.05) is 49.6 Å². The highest BCUT2D eigenvalue weighted by Gasteiger charge is 2.37. The number of hydrogen-bond donors (Lipinski definition) is 1. The molecule has 3 fully saturated rings. The van der Waals surface area contributed by atoms with E-state index in [0.717, 1.165) is 67.8 Å². The lowest BCUT2D eigenvalue weighted by atomic mass is 9.91. The second kappa shape index (κ2) is 13.2. The Labute approximate surface area is 207 Å². The standard InChI is InChI=1S/C26H39N3O2S2/c30-16-24(18-32-17-22-9-5-2-6-10-22)29(26(31)25-19-33-20-27-25)23-11-13-28(14-12-23)15-21-7-3-1-4-8-21/h1,3-4,7-8,16,22-25,27H,2,5-6,9-15,17-20H2/t24-,25+/m1/s1. The second-order valence-corrected chi connectivity index (χ2v) is 11.9. The van der Waals surface area contributed by atoms with E-state index < -0.39 is 0 Å². The zero-order valence-electron chi connectivity index (χ0n) is 19.7. The highest BCUT2D eigenvalue weighted by atomic mass is 32.2. The highest BCUT2D eigenvalue weighted by Crippen LogP contribution is 2.29. The number of benzene rings is 1. The first-order valence-electron chi connectivity index (χ1n) is 12.7. The maximum Gasteiger partial charge on any atom is 0.241 e. The molecule has 7 heteroatoms. The van der Waals surface area contributed by atoms with Crippen molar-refractivity contribution in [1.29, 1.82) is 0 Å². The molecule has 2 atom stereocenters. The third kappa shape index (κ3) is 7.23. The smallest absolute Gasteiger partial charge is 0.241 e. The van der Waals surface area contributed by atoms with Crippen molar-refractivity contribution >= 4 is 35.7 Å². The van der Waals surface area contributed by atoms with Crippen LogP contribution in [0.25, 0.3) is 0 Å². The van der Waals surface area contributed by atoms with Crippen LogP contribution in [0.2, 0.25) is 0 Å². The third-order valence-corrected chi connectivity index (χ3v) is 9.57. The van der Waals surface area contributed by atoms with Crippen molar-refractivity contribution in [3.8, 4) is 0 Å². The van der Waals surface area contributed by atoms with Crippen molar-refractivity contribution < 1.29 is 9.59 Å². The van der Waals surface area contributed by atoms with Crippen LogP contribution in [0.4, 0.5) is 0 Å². The average Bonchev–Trinajstić information content (AvgIpc) is 3.41. The van der Waals surface area contributed by atoms with Crippen molar-refractivity contribution in [2.75, 3.05) is 36.2 Å². The first kappa shape index (κ1) is 25.1. The third-order valence-electron chi connectivity index (χ3n) is 7.35. The van der Waals surface area contributed by atoms with E-state index in [1.165, 1.54) is 37.7 Å². The molecule has 2 heterocycles. The van der Waals surface area contributed by atoms with Gasteiger partial charge in [0.15, 0.2) is 0 Å². The van der Waals surface area contributed by atoms with Gasteiger partial charge >= 0.3 is 0 Å². The summed E-state index contributed by atoms with van der Waals surface area (Å²) >= 11 is 3.66. The number of hydrogen-bond acceptors (Lipinski definition) is 6. The predicted molar refractivity (Wildman–Crippen MR) is 140 cm³/mol. The van der Waals surface area contributed by atoms with Gasteiger partial charge in [0, 0.05) is 43.1 Å². The Hall–Kier alpha value is -1.02. The van der Waals surface area contributed by atoms with Crippen LogP contribution in [-0.4, -0.2) is 76.3 Å². The summed E-state index contributed by atoms with van der Waals surface area (Å²) in [4.78, 5) is 30.3. The van der Waals surface area contributed by atoms with Crippen LogP contribution in [0.15, 0.2) is 30.3 Å². The van der Waals surface area contributed by atoms with Gasteiger partial charge in [0.1, 0.15) is 6.29 Å². The number of likely N-dealkylation sites (tertiary alicyclic amines) is 1. The topological polar surface area (TPSA) is 52.7 Å². The van der Waals surface area contributed by atoms with Gasteiger partial charge in [-0.3, -0.25) is 15.0 Å². The Bertz CT molecular complexity index is 730. The molecular weight excluding hydrogens is 450 g/mol. The van der Waals surface area contributed by atoms with Gasteiger partial charge in [-0.05, 0) is 42.9 Å². The summed E-state index contributed by atoms with van der Waals surface area (Å²) in [5, 5.41) is 3.34. The molecule has 4 rings (SSSR count). The van der Waals surface area contributed by atoms with E-state index in [9.17, 15) is 9.59 Å². The van der Waals surface area contributed by atoms with Gasteiger partial charge in [-0.15, -0.1) is 11.8 Å². The molecule has 33 heavy (non-hydrogen) atoms. The van der Waals surface area contributed by atoms with E-state index in [1.54, 1.807) is 11.8 Å².